The zero-order valence-electron chi connectivity index (χ0n) is 12.6. The summed E-state index contributed by atoms with van der Waals surface area (Å²) in [4.78, 5) is 10.6. The first kappa shape index (κ1) is 16.6. The lowest BCUT2D eigenvalue weighted by Gasteiger charge is -2.19. The molecular weight excluding hydrogens is 256 g/mol. The Kier molecular flexibility index (Phi) is 6.10. The Bertz CT molecular complexity index is 460. The van der Waals surface area contributed by atoms with E-state index in [1.165, 1.54) is 6.07 Å². The van der Waals surface area contributed by atoms with Crippen LogP contribution < -0.4 is 5.32 Å². The third kappa shape index (κ3) is 4.28. The van der Waals surface area contributed by atoms with Gasteiger partial charge in [0, 0.05) is 17.7 Å². The summed E-state index contributed by atoms with van der Waals surface area (Å²) >= 11 is 0. The van der Waals surface area contributed by atoms with E-state index in [-0.39, 0.29) is 28.7 Å². The van der Waals surface area contributed by atoms with Crippen molar-refractivity contribution in [2.24, 2.45) is 5.92 Å². The normalized spacial score (nSPS) is 14.3. The van der Waals surface area contributed by atoms with E-state index in [2.05, 4.69) is 5.32 Å². The van der Waals surface area contributed by atoms with Gasteiger partial charge in [-0.25, -0.2) is 0 Å². The number of rotatable bonds is 7. The summed E-state index contributed by atoms with van der Waals surface area (Å²) in [6.07, 6.45) is 0.358. The summed E-state index contributed by atoms with van der Waals surface area (Å²) in [5.74, 6) is 0.242. The van der Waals surface area contributed by atoms with Gasteiger partial charge in [-0.15, -0.1) is 0 Å². The molecular formula is C15H24N2O3. The van der Waals surface area contributed by atoms with Crippen molar-refractivity contribution in [3.05, 3.63) is 39.4 Å². The molecule has 1 aromatic rings. The molecule has 0 bridgehead atoms. The van der Waals surface area contributed by atoms with E-state index in [1.807, 2.05) is 26.8 Å². The minimum Gasteiger partial charge on any atom is -0.393 e. The van der Waals surface area contributed by atoms with Crippen molar-refractivity contribution in [3.63, 3.8) is 0 Å². The maximum atomic E-state index is 10.9. The zero-order valence-corrected chi connectivity index (χ0v) is 12.6. The fourth-order valence-electron chi connectivity index (χ4n) is 2.20. The van der Waals surface area contributed by atoms with Crippen molar-refractivity contribution < 1.29 is 10.0 Å². The van der Waals surface area contributed by atoms with Crippen molar-refractivity contribution in [3.8, 4) is 0 Å². The average Bonchev–Trinajstić information content (AvgIpc) is 2.38. The standard InChI is InChI=1S/C15H24N2O3/c1-10(2)15(18)8-9-16-12(4)13-6-5-7-14(11(13)3)17(19)20/h5-7,10,12,15-16,18H,8-9H2,1-4H3. The third-order valence-electron chi connectivity index (χ3n) is 3.67. The molecule has 2 unspecified atom stereocenters. The summed E-state index contributed by atoms with van der Waals surface area (Å²) in [6, 6.07) is 5.16. The number of benzene rings is 1. The quantitative estimate of drug-likeness (QED) is 0.594. The SMILES string of the molecule is Cc1c(C(C)NCCC(O)C(C)C)cccc1[N+](=O)[O-]. The Morgan fingerprint density at radius 2 is 2.00 bits per heavy atom. The Morgan fingerprint density at radius 1 is 1.35 bits per heavy atom. The van der Waals surface area contributed by atoms with Gasteiger partial charge in [0.15, 0.2) is 0 Å². The van der Waals surface area contributed by atoms with E-state index in [9.17, 15) is 15.2 Å². The van der Waals surface area contributed by atoms with Crippen molar-refractivity contribution in [1.29, 1.82) is 0 Å². The summed E-state index contributed by atoms with van der Waals surface area (Å²) < 4.78 is 0. The lowest BCUT2D eigenvalue weighted by atomic mass is 10.00. The zero-order chi connectivity index (χ0) is 15.3. The number of nitrogens with one attached hydrogen (secondary N) is 1. The Hall–Kier alpha value is -1.46. The van der Waals surface area contributed by atoms with E-state index in [4.69, 9.17) is 0 Å². The van der Waals surface area contributed by atoms with E-state index in [0.29, 0.717) is 18.5 Å². The van der Waals surface area contributed by atoms with Gasteiger partial charge >= 0.3 is 0 Å². The topological polar surface area (TPSA) is 75.4 Å². The molecule has 20 heavy (non-hydrogen) atoms. The molecule has 0 aliphatic carbocycles. The second kappa shape index (κ2) is 7.36. The van der Waals surface area contributed by atoms with E-state index >= 15 is 0 Å². The van der Waals surface area contributed by atoms with E-state index < -0.39 is 0 Å². The van der Waals surface area contributed by atoms with Gasteiger partial charge in [0.25, 0.3) is 5.69 Å². The van der Waals surface area contributed by atoms with Crippen LogP contribution in [0.5, 0.6) is 0 Å². The van der Waals surface area contributed by atoms with Gasteiger partial charge in [0.1, 0.15) is 0 Å². The minimum absolute atomic E-state index is 0.0225. The van der Waals surface area contributed by atoms with Gasteiger partial charge in [0.05, 0.1) is 11.0 Å². The first-order chi connectivity index (χ1) is 9.34. The van der Waals surface area contributed by atoms with Gasteiger partial charge in [-0.2, -0.15) is 0 Å². The van der Waals surface area contributed by atoms with E-state index in [0.717, 1.165) is 5.56 Å². The van der Waals surface area contributed by atoms with Crippen LogP contribution in [0.4, 0.5) is 5.69 Å². The van der Waals surface area contributed by atoms with Crippen LogP contribution in [0.1, 0.15) is 44.4 Å². The van der Waals surface area contributed by atoms with Gasteiger partial charge in [-0.1, -0.05) is 26.0 Å². The van der Waals surface area contributed by atoms with Crippen molar-refractivity contribution in [1.82, 2.24) is 5.32 Å². The summed E-state index contributed by atoms with van der Waals surface area (Å²) in [5.41, 5.74) is 1.78. The lowest BCUT2D eigenvalue weighted by molar-refractivity contribution is -0.385. The molecule has 1 rings (SSSR count). The predicted octanol–water partition coefficient (Wildman–Crippen LogP) is 2.96. The van der Waals surface area contributed by atoms with Crippen LogP contribution in [-0.4, -0.2) is 22.7 Å². The van der Waals surface area contributed by atoms with Crippen molar-refractivity contribution in [2.75, 3.05) is 6.54 Å². The van der Waals surface area contributed by atoms with Crippen molar-refractivity contribution >= 4 is 5.69 Å². The molecule has 0 heterocycles. The largest absolute Gasteiger partial charge is 0.393 e. The molecule has 0 aromatic heterocycles. The monoisotopic (exact) mass is 280 g/mol. The highest BCUT2D eigenvalue weighted by atomic mass is 16.6. The predicted molar refractivity (Wildman–Crippen MR) is 79.7 cm³/mol. The molecule has 2 N–H and O–H groups in total. The van der Waals surface area contributed by atoms with Crippen molar-refractivity contribution in [2.45, 2.75) is 46.3 Å². The summed E-state index contributed by atoms with van der Waals surface area (Å²) in [5, 5.41) is 24.0. The molecule has 0 saturated carbocycles. The first-order valence-corrected chi connectivity index (χ1v) is 7.00. The van der Waals surface area contributed by atoms with Gasteiger partial charge in [-0.05, 0) is 38.3 Å². The second-order valence-electron chi connectivity index (χ2n) is 5.52. The van der Waals surface area contributed by atoms with Crippen LogP contribution in [0, 0.1) is 23.0 Å². The molecule has 0 amide bonds. The highest BCUT2D eigenvalue weighted by Crippen LogP contribution is 2.25. The molecule has 0 saturated heterocycles. The number of nitrogens with zero attached hydrogens (tertiary/aromatic N) is 1. The van der Waals surface area contributed by atoms with Crippen LogP contribution in [0.2, 0.25) is 0 Å². The fraction of sp³-hybridized carbons (Fsp3) is 0.600. The molecule has 0 aliphatic heterocycles. The van der Waals surface area contributed by atoms with Crippen LogP contribution in [0.3, 0.4) is 0 Å². The Morgan fingerprint density at radius 3 is 2.55 bits per heavy atom. The van der Waals surface area contributed by atoms with E-state index in [1.54, 1.807) is 13.0 Å². The number of aliphatic hydroxyl groups excluding tert-OH is 1. The highest BCUT2D eigenvalue weighted by Gasteiger charge is 2.17. The molecule has 1 aromatic carbocycles. The molecule has 5 nitrogen and oxygen atoms in total. The molecule has 0 spiro atoms. The Labute approximate surface area is 120 Å². The average molecular weight is 280 g/mol. The Balaban J connectivity index is 2.66. The van der Waals surface area contributed by atoms with Gasteiger partial charge < -0.3 is 10.4 Å². The third-order valence-corrected chi connectivity index (χ3v) is 3.67. The minimum atomic E-state index is -0.353. The van der Waals surface area contributed by atoms with Crippen LogP contribution in [0.15, 0.2) is 18.2 Å². The maximum absolute atomic E-state index is 10.9. The highest BCUT2D eigenvalue weighted by molar-refractivity contribution is 5.45. The molecule has 2 atom stereocenters. The number of hydrogen-bond donors (Lipinski definition) is 2. The molecule has 0 radical (unpaired) electrons. The van der Waals surface area contributed by atoms with Crippen LogP contribution in [-0.2, 0) is 0 Å². The fourth-order valence-corrected chi connectivity index (χ4v) is 2.20. The molecule has 0 aliphatic rings. The maximum Gasteiger partial charge on any atom is 0.272 e. The first-order valence-electron chi connectivity index (χ1n) is 7.00. The lowest BCUT2D eigenvalue weighted by Crippen LogP contribution is -2.26. The van der Waals surface area contributed by atoms with Crippen LogP contribution in [0.25, 0.3) is 0 Å². The number of aliphatic hydroxyl groups is 1. The number of hydrogen-bond acceptors (Lipinski definition) is 4. The molecule has 112 valence electrons. The number of nitro groups is 1. The smallest absolute Gasteiger partial charge is 0.272 e. The molecule has 5 heteroatoms. The summed E-state index contributed by atoms with van der Waals surface area (Å²) in [7, 11) is 0. The molecule has 0 fully saturated rings. The number of nitro benzene ring substituents is 1. The summed E-state index contributed by atoms with van der Waals surface area (Å²) in [6.45, 7) is 8.41. The van der Waals surface area contributed by atoms with Crippen LogP contribution >= 0.6 is 0 Å². The van der Waals surface area contributed by atoms with Gasteiger partial charge in [0.2, 0.25) is 0 Å². The second-order valence-corrected chi connectivity index (χ2v) is 5.52. The van der Waals surface area contributed by atoms with Gasteiger partial charge in [-0.3, -0.25) is 10.1 Å².